The summed E-state index contributed by atoms with van der Waals surface area (Å²) in [5, 5.41) is 3.58. The molecule has 0 fully saturated rings. The number of pyridine rings is 1. The van der Waals surface area contributed by atoms with E-state index in [0.717, 1.165) is 11.3 Å². The van der Waals surface area contributed by atoms with Crippen molar-refractivity contribution in [3.63, 3.8) is 0 Å². The fourth-order valence-corrected chi connectivity index (χ4v) is 3.21. The van der Waals surface area contributed by atoms with Crippen LogP contribution in [-0.4, -0.2) is 28.9 Å². The Morgan fingerprint density at radius 2 is 2.03 bits per heavy atom. The molecule has 1 unspecified atom stereocenters. The molecule has 30 heavy (non-hydrogen) atoms. The van der Waals surface area contributed by atoms with E-state index in [0.29, 0.717) is 29.6 Å². The van der Waals surface area contributed by atoms with Crippen molar-refractivity contribution in [3.05, 3.63) is 89.0 Å². The van der Waals surface area contributed by atoms with Gasteiger partial charge in [0.15, 0.2) is 0 Å². The topological polar surface area (TPSA) is 54.5 Å². The Bertz CT molecular complexity index is 1000. The van der Waals surface area contributed by atoms with Gasteiger partial charge in [0, 0.05) is 25.5 Å². The third-order valence-electron chi connectivity index (χ3n) is 4.47. The second-order valence-electron chi connectivity index (χ2n) is 6.95. The molecule has 1 heterocycles. The predicted octanol–water partition coefficient (Wildman–Crippen LogP) is 4.91. The maximum Gasteiger partial charge on any atom is 0.244 e. The molecule has 1 amide bonds. The third kappa shape index (κ3) is 5.94. The van der Waals surface area contributed by atoms with E-state index >= 15 is 0 Å². The summed E-state index contributed by atoms with van der Waals surface area (Å²) in [5.41, 5.74) is 2.23. The molecule has 3 rings (SSSR count). The molecular formula is C23H23ClFN3O2. The number of ether oxygens (including phenoxy) is 1. The van der Waals surface area contributed by atoms with E-state index in [-0.39, 0.29) is 11.7 Å². The Hall–Kier alpha value is -3.12. The first-order valence-electron chi connectivity index (χ1n) is 9.50. The van der Waals surface area contributed by atoms with Gasteiger partial charge in [0.2, 0.25) is 5.91 Å². The number of carbonyl (C=O) groups is 1. The Kier molecular flexibility index (Phi) is 7.25. The van der Waals surface area contributed by atoms with Crippen LogP contribution in [0.5, 0.6) is 5.75 Å². The summed E-state index contributed by atoms with van der Waals surface area (Å²) < 4.78 is 19.1. The molecule has 0 radical (unpaired) electrons. The first kappa shape index (κ1) is 21.6. The normalized spacial score (nSPS) is 11.6. The molecule has 0 spiro atoms. The highest BCUT2D eigenvalue weighted by Gasteiger charge is 2.18. The largest absolute Gasteiger partial charge is 0.486 e. The monoisotopic (exact) mass is 427 g/mol. The maximum absolute atomic E-state index is 13.3. The molecule has 1 atom stereocenters. The summed E-state index contributed by atoms with van der Waals surface area (Å²) in [7, 11) is 1.69. The maximum atomic E-state index is 13.3. The van der Waals surface area contributed by atoms with Crippen LogP contribution in [0.1, 0.15) is 18.2 Å². The minimum absolute atomic E-state index is 0.120. The van der Waals surface area contributed by atoms with Crippen molar-refractivity contribution in [2.45, 2.75) is 26.1 Å². The predicted molar refractivity (Wildman–Crippen MR) is 116 cm³/mol. The number of benzene rings is 2. The van der Waals surface area contributed by atoms with Crippen molar-refractivity contribution < 1.29 is 13.9 Å². The average Bonchev–Trinajstić information content (AvgIpc) is 2.73. The van der Waals surface area contributed by atoms with E-state index in [2.05, 4.69) is 10.3 Å². The number of hydrogen-bond acceptors (Lipinski definition) is 4. The van der Waals surface area contributed by atoms with Crippen molar-refractivity contribution in [2.75, 3.05) is 12.4 Å². The molecule has 0 saturated carbocycles. The number of hydrogen-bond donors (Lipinski definition) is 1. The van der Waals surface area contributed by atoms with Gasteiger partial charge in [0.05, 0.1) is 10.7 Å². The zero-order valence-electron chi connectivity index (χ0n) is 16.8. The number of nitrogens with zero attached hydrogens (tertiary/aromatic N) is 2. The zero-order valence-corrected chi connectivity index (χ0v) is 17.6. The number of carbonyl (C=O) groups excluding carboxylic acids is 1. The fraction of sp³-hybridized carbons (Fsp3) is 0.217. The highest BCUT2D eigenvalue weighted by molar-refractivity contribution is 6.32. The van der Waals surface area contributed by atoms with Crippen LogP contribution in [0, 0.1) is 5.82 Å². The smallest absolute Gasteiger partial charge is 0.244 e. The van der Waals surface area contributed by atoms with Gasteiger partial charge in [-0.25, -0.2) is 4.39 Å². The Balaban J connectivity index is 1.56. The lowest BCUT2D eigenvalue weighted by Gasteiger charge is -2.23. The van der Waals surface area contributed by atoms with E-state index in [4.69, 9.17) is 16.3 Å². The summed E-state index contributed by atoms with van der Waals surface area (Å²) in [6.07, 6.45) is 1.71. The van der Waals surface area contributed by atoms with E-state index in [1.54, 1.807) is 55.4 Å². The second kappa shape index (κ2) is 10.1. The Morgan fingerprint density at radius 1 is 1.20 bits per heavy atom. The minimum Gasteiger partial charge on any atom is -0.486 e. The molecule has 1 N–H and O–H groups in total. The summed E-state index contributed by atoms with van der Waals surface area (Å²) in [6.45, 7) is 2.40. The summed E-state index contributed by atoms with van der Waals surface area (Å²) >= 11 is 6.33. The molecule has 0 saturated heterocycles. The second-order valence-corrected chi connectivity index (χ2v) is 7.35. The van der Waals surface area contributed by atoms with Crippen LogP contribution in [0.4, 0.5) is 10.1 Å². The fourth-order valence-electron chi connectivity index (χ4n) is 2.97. The molecule has 1 aromatic heterocycles. The third-order valence-corrected chi connectivity index (χ3v) is 4.77. The molecule has 7 heteroatoms. The Labute approximate surface area is 180 Å². The summed E-state index contributed by atoms with van der Waals surface area (Å²) in [5.74, 6) is 0.0976. The van der Waals surface area contributed by atoms with Crippen molar-refractivity contribution in [2.24, 2.45) is 0 Å². The van der Waals surface area contributed by atoms with E-state index in [9.17, 15) is 9.18 Å². The average molecular weight is 428 g/mol. The number of aromatic nitrogens is 1. The van der Waals surface area contributed by atoms with E-state index in [1.807, 2.05) is 18.2 Å². The van der Waals surface area contributed by atoms with Crippen LogP contribution in [0.3, 0.4) is 0 Å². The Morgan fingerprint density at radius 3 is 2.73 bits per heavy atom. The molecule has 0 bridgehead atoms. The zero-order chi connectivity index (χ0) is 21.5. The van der Waals surface area contributed by atoms with Gasteiger partial charge >= 0.3 is 0 Å². The molecule has 0 aliphatic heterocycles. The molecule has 0 aliphatic rings. The summed E-state index contributed by atoms with van der Waals surface area (Å²) in [4.78, 5) is 18.4. The number of rotatable bonds is 8. The van der Waals surface area contributed by atoms with Crippen LogP contribution in [-0.2, 0) is 17.9 Å². The number of likely N-dealkylation sites (N-methyl/N-ethyl adjacent to an activating group) is 1. The van der Waals surface area contributed by atoms with Gasteiger partial charge in [-0.1, -0.05) is 29.8 Å². The van der Waals surface area contributed by atoms with Crippen LogP contribution >= 0.6 is 11.6 Å². The molecule has 5 nitrogen and oxygen atoms in total. The van der Waals surface area contributed by atoms with Gasteiger partial charge < -0.3 is 15.0 Å². The number of amides is 1. The van der Waals surface area contributed by atoms with Gasteiger partial charge in [-0.2, -0.15) is 0 Å². The lowest BCUT2D eigenvalue weighted by atomic mass is 10.2. The van der Waals surface area contributed by atoms with Crippen molar-refractivity contribution >= 4 is 23.2 Å². The SMILES string of the molecule is CC(Nc1ccc(OCc2ccccn2)c(Cl)c1)C(=O)N(C)Cc1cccc(F)c1. The number of halogens is 2. The first-order valence-corrected chi connectivity index (χ1v) is 9.88. The van der Waals surface area contributed by atoms with Gasteiger partial charge in [-0.15, -0.1) is 0 Å². The van der Waals surface area contributed by atoms with Gasteiger partial charge in [0.1, 0.15) is 24.2 Å². The van der Waals surface area contributed by atoms with Crippen molar-refractivity contribution in [1.29, 1.82) is 0 Å². The lowest BCUT2D eigenvalue weighted by molar-refractivity contribution is -0.130. The van der Waals surface area contributed by atoms with Gasteiger partial charge in [-0.3, -0.25) is 9.78 Å². The highest BCUT2D eigenvalue weighted by atomic mass is 35.5. The molecular weight excluding hydrogens is 405 g/mol. The first-order chi connectivity index (χ1) is 14.4. The highest BCUT2D eigenvalue weighted by Crippen LogP contribution is 2.28. The van der Waals surface area contributed by atoms with Crippen molar-refractivity contribution in [3.8, 4) is 5.75 Å². The molecule has 156 valence electrons. The van der Waals surface area contributed by atoms with E-state index < -0.39 is 6.04 Å². The standard InChI is InChI=1S/C23H23ClFN3O2/c1-16(23(29)28(2)14-17-6-5-7-18(25)12-17)27-19-9-10-22(21(24)13-19)30-15-20-8-3-4-11-26-20/h3-13,16,27H,14-15H2,1-2H3. The van der Waals surface area contributed by atoms with Gasteiger partial charge in [0.25, 0.3) is 0 Å². The minimum atomic E-state index is -0.486. The van der Waals surface area contributed by atoms with Crippen LogP contribution in [0.2, 0.25) is 5.02 Å². The summed E-state index contributed by atoms with van der Waals surface area (Å²) in [6, 6.07) is 16.6. The molecule has 3 aromatic rings. The number of nitrogens with one attached hydrogen (secondary N) is 1. The van der Waals surface area contributed by atoms with Crippen molar-refractivity contribution in [1.82, 2.24) is 9.88 Å². The quantitative estimate of drug-likeness (QED) is 0.554. The number of anilines is 1. The van der Waals surface area contributed by atoms with Crippen LogP contribution in [0.25, 0.3) is 0 Å². The molecule has 0 aliphatic carbocycles. The van der Waals surface area contributed by atoms with Gasteiger partial charge in [-0.05, 0) is 55.0 Å². The lowest BCUT2D eigenvalue weighted by Crippen LogP contribution is -2.38. The van der Waals surface area contributed by atoms with Crippen LogP contribution < -0.4 is 10.1 Å². The van der Waals surface area contributed by atoms with E-state index in [1.165, 1.54) is 12.1 Å². The molecule has 2 aromatic carbocycles. The van der Waals surface area contributed by atoms with Crippen LogP contribution in [0.15, 0.2) is 66.9 Å².